The van der Waals surface area contributed by atoms with Crippen LogP contribution in [-0.2, 0) is 52.8 Å². The molecular weight excluding hydrogens is 841 g/mol. The van der Waals surface area contributed by atoms with Crippen LogP contribution in [0.25, 0.3) is 21.7 Å². The van der Waals surface area contributed by atoms with E-state index in [1.807, 2.05) is 86.6 Å². The number of benzene rings is 4. The summed E-state index contributed by atoms with van der Waals surface area (Å²) in [4.78, 5) is 98.1. The molecule has 1 aromatic heterocycles. The van der Waals surface area contributed by atoms with Crippen molar-refractivity contribution in [2.45, 2.75) is 101 Å². The lowest BCUT2D eigenvalue weighted by atomic mass is 9.97. The van der Waals surface area contributed by atoms with Crippen molar-refractivity contribution >= 4 is 63.0 Å². The van der Waals surface area contributed by atoms with E-state index in [-0.39, 0.29) is 31.6 Å². The maximum Gasteiger partial charge on any atom is 0.243 e. The van der Waals surface area contributed by atoms with Gasteiger partial charge >= 0.3 is 0 Å². The van der Waals surface area contributed by atoms with Gasteiger partial charge in [0.1, 0.15) is 30.2 Å². The molecule has 0 aliphatic carbocycles. The summed E-state index contributed by atoms with van der Waals surface area (Å²) >= 11 is 0. The molecule has 4 aromatic carbocycles. The monoisotopic (exact) mass is 902 g/mol. The summed E-state index contributed by atoms with van der Waals surface area (Å²) in [5, 5.41) is 16.4. The first-order valence-corrected chi connectivity index (χ1v) is 22.2. The fourth-order valence-corrected chi connectivity index (χ4v) is 7.82. The molecule has 0 saturated heterocycles. The molecule has 0 fully saturated rings. The van der Waals surface area contributed by atoms with Crippen LogP contribution in [0, 0.1) is 5.92 Å². The number of unbranched alkanes of at least 4 members (excludes halogenated alkanes) is 1. The highest BCUT2D eigenvalue weighted by Gasteiger charge is 2.34. The molecule has 0 aliphatic heterocycles. The number of aromatic nitrogens is 1. The highest BCUT2D eigenvalue weighted by Crippen LogP contribution is 2.22. The first-order chi connectivity index (χ1) is 31.6. The van der Waals surface area contributed by atoms with Crippen LogP contribution in [0.1, 0.15) is 62.6 Å². The molecule has 17 heteroatoms. The fourth-order valence-electron chi connectivity index (χ4n) is 7.82. The Balaban J connectivity index is 1.48. The van der Waals surface area contributed by atoms with Crippen LogP contribution in [-0.4, -0.2) is 89.1 Å². The van der Waals surface area contributed by atoms with Crippen LogP contribution in [0.4, 0.5) is 0 Å². The number of carbonyl (C=O) groups is 7. The Kier molecular flexibility index (Phi) is 18.3. The number of hydrogen-bond acceptors (Lipinski definition) is 9. The van der Waals surface area contributed by atoms with Gasteiger partial charge in [-0.05, 0) is 65.3 Å². The number of rotatable bonds is 25. The van der Waals surface area contributed by atoms with E-state index in [0.29, 0.717) is 36.9 Å². The van der Waals surface area contributed by atoms with E-state index >= 15 is 0 Å². The first kappa shape index (κ1) is 49.9. The predicted molar refractivity (Wildman–Crippen MR) is 253 cm³/mol. The summed E-state index contributed by atoms with van der Waals surface area (Å²) in [7, 11) is 0. The van der Waals surface area contributed by atoms with Crippen molar-refractivity contribution in [3.05, 3.63) is 120 Å². The molecule has 0 unspecified atom stereocenters. The van der Waals surface area contributed by atoms with E-state index in [1.165, 1.54) is 0 Å². The molecule has 6 atom stereocenters. The summed E-state index contributed by atoms with van der Waals surface area (Å²) in [6.07, 6.45) is 2.95. The Hall–Kier alpha value is -7.11. The molecule has 17 nitrogen and oxygen atoms in total. The van der Waals surface area contributed by atoms with Crippen LogP contribution in [0.15, 0.2) is 103 Å². The van der Waals surface area contributed by atoms with Crippen molar-refractivity contribution in [2.24, 2.45) is 28.9 Å². The second kappa shape index (κ2) is 24.3. The first-order valence-electron chi connectivity index (χ1n) is 22.2. The fraction of sp³-hybridized carbons (Fsp3) is 0.367. The number of primary amides is 2. The zero-order chi connectivity index (χ0) is 47.8. The van der Waals surface area contributed by atoms with Crippen molar-refractivity contribution in [3.8, 4) is 0 Å². The van der Waals surface area contributed by atoms with Gasteiger partial charge in [0.25, 0.3) is 0 Å². The average molecular weight is 903 g/mol. The SMILES string of the molecule is CC(C)C[C@H](NC(=O)[C@@H](Cc1c[nH]c2ccccc12)NC(=O)[C@H](Cc1ccccc1)NC(=O)[C@H](Cc1cccc2ccccc12)NC(=O)[C@@H](N)CCCCN)C(=O)N[C@@H](CC(N)=O)C(N)=O. The quantitative estimate of drug-likeness (QED) is 0.0381. The molecule has 0 radical (unpaired) electrons. The number of para-hydroxylation sites is 1. The maximum absolute atomic E-state index is 14.7. The maximum atomic E-state index is 14.7. The van der Waals surface area contributed by atoms with Gasteiger partial charge in [0.05, 0.1) is 12.5 Å². The molecule has 1 heterocycles. The van der Waals surface area contributed by atoms with E-state index < -0.39 is 84.0 Å². The molecule has 350 valence electrons. The molecular formula is C49H62N10O7. The number of nitrogens with one attached hydrogen (secondary N) is 6. The third-order valence-corrected chi connectivity index (χ3v) is 11.3. The lowest BCUT2D eigenvalue weighted by Gasteiger charge is -2.28. The second-order valence-electron chi connectivity index (χ2n) is 17.0. The number of hydrogen-bond donors (Lipinski definition) is 10. The molecule has 7 amide bonds. The molecule has 5 aromatic rings. The minimum atomic E-state index is -1.42. The van der Waals surface area contributed by atoms with Crippen LogP contribution in [0.5, 0.6) is 0 Å². The number of H-pyrrole nitrogens is 1. The van der Waals surface area contributed by atoms with E-state index in [1.54, 1.807) is 30.5 Å². The van der Waals surface area contributed by atoms with Gasteiger partial charge < -0.3 is 54.5 Å². The smallest absolute Gasteiger partial charge is 0.243 e. The number of aromatic amines is 1. The van der Waals surface area contributed by atoms with Gasteiger partial charge in [-0.3, -0.25) is 33.6 Å². The normalized spacial score (nSPS) is 14.0. The van der Waals surface area contributed by atoms with Gasteiger partial charge in [-0.2, -0.15) is 0 Å². The molecule has 0 saturated carbocycles. The van der Waals surface area contributed by atoms with Crippen molar-refractivity contribution in [2.75, 3.05) is 6.54 Å². The standard InChI is InChI=1S/C49H62N10O7/c1-29(2)23-39(46(63)55-38(44(53)61)27-43(52)60)57-49(66)42(26-33-28-54-37-21-9-8-19-35(33)37)59-47(64)40(24-30-13-4-3-5-14-30)58-48(65)41(56-45(62)36(51)20-10-11-22-50)25-32-17-12-16-31-15-6-7-18-34(31)32/h3-9,12-19,21,28-29,36,38-42,54H,10-11,20,22-27,50-51H2,1-2H3,(H2,52,60)(H2,53,61)(H,55,63)(H,56,62)(H,57,66)(H,58,65)(H,59,64)/t36-,38-,39-,40-,41-,42+/m0/s1. The predicted octanol–water partition coefficient (Wildman–Crippen LogP) is 1.64. The molecule has 0 aliphatic rings. The minimum absolute atomic E-state index is 0.000123. The van der Waals surface area contributed by atoms with Gasteiger partial charge in [0.15, 0.2) is 0 Å². The van der Waals surface area contributed by atoms with Crippen molar-refractivity contribution in [1.82, 2.24) is 31.6 Å². The van der Waals surface area contributed by atoms with E-state index in [9.17, 15) is 33.6 Å². The highest BCUT2D eigenvalue weighted by molar-refractivity contribution is 5.98. The van der Waals surface area contributed by atoms with E-state index in [4.69, 9.17) is 22.9 Å². The van der Waals surface area contributed by atoms with Crippen molar-refractivity contribution in [1.29, 1.82) is 0 Å². The van der Waals surface area contributed by atoms with Crippen LogP contribution in [0.3, 0.4) is 0 Å². The largest absolute Gasteiger partial charge is 0.370 e. The molecule has 0 spiro atoms. The van der Waals surface area contributed by atoms with Gasteiger partial charge in [-0.25, -0.2) is 0 Å². The third kappa shape index (κ3) is 14.5. The summed E-state index contributed by atoms with van der Waals surface area (Å²) in [6, 6.07) is 22.4. The minimum Gasteiger partial charge on any atom is -0.370 e. The highest BCUT2D eigenvalue weighted by atomic mass is 16.2. The van der Waals surface area contributed by atoms with Crippen LogP contribution < -0.4 is 49.5 Å². The van der Waals surface area contributed by atoms with Crippen LogP contribution >= 0.6 is 0 Å². The number of nitrogens with two attached hydrogens (primary N) is 4. The zero-order valence-electron chi connectivity index (χ0n) is 37.4. The van der Waals surface area contributed by atoms with Crippen molar-refractivity contribution < 1.29 is 33.6 Å². The molecule has 0 bridgehead atoms. The number of fused-ring (bicyclic) bond motifs is 2. The Morgan fingerprint density at radius 1 is 0.561 bits per heavy atom. The molecule has 66 heavy (non-hydrogen) atoms. The summed E-state index contributed by atoms with van der Waals surface area (Å²) < 4.78 is 0. The summed E-state index contributed by atoms with van der Waals surface area (Å²) in [6.45, 7) is 4.10. The van der Waals surface area contributed by atoms with Crippen LogP contribution in [0.2, 0.25) is 0 Å². The Morgan fingerprint density at radius 2 is 1.09 bits per heavy atom. The average Bonchev–Trinajstić information content (AvgIpc) is 3.70. The Labute approximate surface area is 383 Å². The lowest BCUT2D eigenvalue weighted by molar-refractivity contribution is -0.135. The van der Waals surface area contributed by atoms with Gasteiger partial charge in [0, 0.05) is 36.4 Å². The van der Waals surface area contributed by atoms with Gasteiger partial charge in [-0.1, -0.05) is 111 Å². The topological polar surface area (TPSA) is 300 Å². The number of carbonyl (C=O) groups excluding carboxylic acids is 7. The van der Waals surface area contributed by atoms with E-state index in [2.05, 4.69) is 31.6 Å². The lowest BCUT2D eigenvalue weighted by Crippen LogP contribution is -2.60. The molecule has 14 N–H and O–H groups in total. The Bertz CT molecular complexity index is 2470. The van der Waals surface area contributed by atoms with E-state index in [0.717, 1.165) is 27.2 Å². The zero-order valence-corrected chi connectivity index (χ0v) is 37.4. The van der Waals surface area contributed by atoms with Crippen molar-refractivity contribution in [3.63, 3.8) is 0 Å². The van der Waals surface area contributed by atoms with Gasteiger partial charge in [0.2, 0.25) is 41.4 Å². The third-order valence-electron chi connectivity index (χ3n) is 11.3. The second-order valence-corrected chi connectivity index (χ2v) is 17.0. The summed E-state index contributed by atoms with van der Waals surface area (Å²) in [5.41, 5.74) is 25.7. The molecule has 5 rings (SSSR count). The number of amides is 7. The Morgan fingerprint density at radius 3 is 1.73 bits per heavy atom. The van der Waals surface area contributed by atoms with Gasteiger partial charge in [-0.15, -0.1) is 0 Å². The summed E-state index contributed by atoms with van der Waals surface area (Å²) in [5.74, 6) is -5.44.